The first-order chi connectivity index (χ1) is 12.9. The maximum absolute atomic E-state index is 12.7. The van der Waals surface area contributed by atoms with E-state index >= 15 is 0 Å². The maximum Gasteiger partial charge on any atom is 0.416 e. The molecule has 0 radical (unpaired) electrons. The van der Waals surface area contributed by atoms with Crippen molar-refractivity contribution in [2.45, 2.75) is 32.2 Å². The molecule has 3 rings (SSSR count). The Morgan fingerprint density at radius 2 is 1.89 bits per heavy atom. The summed E-state index contributed by atoms with van der Waals surface area (Å²) < 4.78 is 48.8. The molecule has 2 heterocycles. The van der Waals surface area contributed by atoms with E-state index in [2.05, 4.69) is 4.90 Å². The lowest BCUT2D eigenvalue weighted by Gasteiger charge is -2.31. The fourth-order valence-electron chi connectivity index (χ4n) is 3.42. The number of ether oxygens (including phenoxy) is 1. The zero-order valence-electron chi connectivity index (χ0n) is 15.1. The van der Waals surface area contributed by atoms with Crippen LogP contribution in [-0.2, 0) is 24.1 Å². The first-order valence-corrected chi connectivity index (χ1v) is 8.87. The fourth-order valence-corrected chi connectivity index (χ4v) is 3.42. The van der Waals surface area contributed by atoms with Crippen molar-refractivity contribution in [3.63, 3.8) is 0 Å². The standard InChI is InChI=1S/C20H22F3NO3/c1-26-13-18-9-8-17(27-18)12-24-10-2-3-15(11-24)19(25)14-4-6-16(7-5-14)20(21,22)23/h4-9,15H,2-3,10-13H2,1H3/t15-/m1/s1. The summed E-state index contributed by atoms with van der Waals surface area (Å²) >= 11 is 0. The average Bonchev–Trinajstić information content (AvgIpc) is 3.08. The van der Waals surface area contributed by atoms with Crippen molar-refractivity contribution in [2.24, 2.45) is 5.92 Å². The Balaban J connectivity index is 1.62. The molecular weight excluding hydrogens is 359 g/mol. The molecule has 1 aromatic heterocycles. The summed E-state index contributed by atoms with van der Waals surface area (Å²) in [6, 6.07) is 8.24. The van der Waals surface area contributed by atoms with Crippen LogP contribution in [0.2, 0.25) is 0 Å². The van der Waals surface area contributed by atoms with Gasteiger partial charge >= 0.3 is 6.18 Å². The van der Waals surface area contributed by atoms with Crippen molar-refractivity contribution < 1.29 is 27.1 Å². The average molecular weight is 381 g/mol. The van der Waals surface area contributed by atoms with Gasteiger partial charge in [0.05, 0.1) is 12.1 Å². The van der Waals surface area contributed by atoms with Gasteiger partial charge in [-0.1, -0.05) is 12.1 Å². The Labute approximate surface area is 155 Å². The lowest BCUT2D eigenvalue weighted by molar-refractivity contribution is -0.137. The van der Waals surface area contributed by atoms with Gasteiger partial charge in [0.2, 0.25) is 0 Å². The van der Waals surface area contributed by atoms with Crippen LogP contribution in [0.15, 0.2) is 40.8 Å². The van der Waals surface area contributed by atoms with Crippen molar-refractivity contribution >= 4 is 5.78 Å². The summed E-state index contributed by atoms with van der Waals surface area (Å²) in [6.07, 6.45) is -2.79. The molecule has 0 aliphatic carbocycles. The molecule has 1 saturated heterocycles. The Morgan fingerprint density at radius 3 is 2.56 bits per heavy atom. The van der Waals surface area contributed by atoms with Crippen molar-refractivity contribution in [2.75, 3.05) is 20.2 Å². The van der Waals surface area contributed by atoms with Gasteiger partial charge in [-0.15, -0.1) is 0 Å². The van der Waals surface area contributed by atoms with Crippen LogP contribution in [0.4, 0.5) is 13.2 Å². The second-order valence-corrected chi connectivity index (χ2v) is 6.81. The predicted octanol–water partition coefficient (Wildman–Crippen LogP) is 4.54. The molecule has 1 atom stereocenters. The zero-order valence-corrected chi connectivity index (χ0v) is 15.1. The van der Waals surface area contributed by atoms with Gasteiger partial charge in [-0.25, -0.2) is 0 Å². The van der Waals surface area contributed by atoms with Crippen LogP contribution in [0, 0.1) is 5.92 Å². The number of benzene rings is 1. The highest BCUT2D eigenvalue weighted by Crippen LogP contribution is 2.30. The summed E-state index contributed by atoms with van der Waals surface area (Å²) in [5.74, 6) is 1.24. The number of halogens is 3. The number of likely N-dealkylation sites (tertiary alicyclic amines) is 1. The number of nitrogens with zero attached hydrogens (tertiary/aromatic N) is 1. The minimum absolute atomic E-state index is 0.104. The fraction of sp³-hybridized carbons (Fsp3) is 0.450. The topological polar surface area (TPSA) is 42.7 Å². The lowest BCUT2D eigenvalue weighted by Crippen LogP contribution is -2.38. The second kappa shape index (κ2) is 8.27. The smallest absolute Gasteiger partial charge is 0.416 e. The number of hydrogen-bond donors (Lipinski definition) is 0. The Bertz CT molecular complexity index is 768. The van der Waals surface area contributed by atoms with Crippen LogP contribution >= 0.6 is 0 Å². The molecule has 1 aliphatic heterocycles. The molecule has 4 nitrogen and oxygen atoms in total. The van der Waals surface area contributed by atoms with E-state index in [1.807, 2.05) is 12.1 Å². The minimum Gasteiger partial charge on any atom is -0.462 e. The summed E-state index contributed by atoms with van der Waals surface area (Å²) in [5.41, 5.74) is -0.413. The molecule has 0 saturated carbocycles. The lowest BCUT2D eigenvalue weighted by atomic mass is 9.89. The molecule has 1 aliphatic rings. The molecular formula is C20H22F3NO3. The Morgan fingerprint density at radius 1 is 1.19 bits per heavy atom. The van der Waals surface area contributed by atoms with Crippen LogP contribution in [0.3, 0.4) is 0 Å². The van der Waals surface area contributed by atoms with E-state index in [9.17, 15) is 18.0 Å². The number of carbonyl (C=O) groups is 1. The number of carbonyl (C=O) groups excluding carboxylic acids is 1. The quantitative estimate of drug-likeness (QED) is 0.689. The number of rotatable bonds is 6. The SMILES string of the molecule is COCc1ccc(CN2CCC[C@@H](C(=O)c3ccc(C(F)(F)F)cc3)C2)o1. The predicted molar refractivity (Wildman–Crippen MR) is 93.2 cm³/mol. The van der Waals surface area contributed by atoms with E-state index in [-0.39, 0.29) is 11.7 Å². The van der Waals surface area contributed by atoms with Crippen molar-refractivity contribution in [1.29, 1.82) is 0 Å². The summed E-state index contributed by atoms with van der Waals surface area (Å²) in [4.78, 5) is 14.8. The molecule has 0 bridgehead atoms. The van der Waals surface area contributed by atoms with E-state index in [1.165, 1.54) is 12.1 Å². The highest BCUT2D eigenvalue weighted by atomic mass is 19.4. The van der Waals surface area contributed by atoms with Crippen molar-refractivity contribution in [1.82, 2.24) is 4.90 Å². The minimum atomic E-state index is -4.39. The van der Waals surface area contributed by atoms with Gasteiger partial charge in [0, 0.05) is 25.1 Å². The monoisotopic (exact) mass is 381 g/mol. The molecule has 1 fully saturated rings. The molecule has 0 unspecified atom stereocenters. The largest absolute Gasteiger partial charge is 0.462 e. The van der Waals surface area contributed by atoms with Crippen LogP contribution in [0.25, 0.3) is 0 Å². The van der Waals surface area contributed by atoms with Gasteiger partial charge in [0.15, 0.2) is 5.78 Å². The first kappa shape index (κ1) is 19.6. The third kappa shape index (κ3) is 4.99. The highest BCUT2D eigenvalue weighted by molar-refractivity contribution is 5.98. The van der Waals surface area contributed by atoms with Gasteiger partial charge in [0.1, 0.15) is 18.1 Å². The van der Waals surface area contributed by atoms with Crippen LogP contribution in [-0.4, -0.2) is 30.9 Å². The Hall–Kier alpha value is -2.12. The van der Waals surface area contributed by atoms with Gasteiger partial charge in [-0.3, -0.25) is 9.69 Å². The Kier molecular flexibility index (Phi) is 6.01. The van der Waals surface area contributed by atoms with Crippen LogP contribution in [0.5, 0.6) is 0 Å². The number of piperidine rings is 1. The molecule has 0 N–H and O–H groups in total. The number of hydrogen-bond acceptors (Lipinski definition) is 4. The number of alkyl halides is 3. The number of ketones is 1. The summed E-state index contributed by atoms with van der Waals surface area (Å²) in [6.45, 7) is 2.44. The van der Waals surface area contributed by atoms with Gasteiger partial charge < -0.3 is 9.15 Å². The number of furan rings is 1. The van der Waals surface area contributed by atoms with Gasteiger partial charge in [-0.05, 0) is 43.7 Å². The number of methoxy groups -OCH3 is 1. The molecule has 146 valence electrons. The molecule has 1 aromatic carbocycles. The molecule has 2 aromatic rings. The van der Waals surface area contributed by atoms with E-state index < -0.39 is 11.7 Å². The molecule has 27 heavy (non-hydrogen) atoms. The van der Waals surface area contributed by atoms with E-state index in [1.54, 1.807) is 7.11 Å². The summed E-state index contributed by atoms with van der Waals surface area (Å²) in [7, 11) is 1.60. The van der Waals surface area contributed by atoms with E-state index in [0.29, 0.717) is 25.3 Å². The third-order valence-electron chi connectivity index (χ3n) is 4.76. The molecule has 0 amide bonds. The van der Waals surface area contributed by atoms with Crippen LogP contribution < -0.4 is 0 Å². The van der Waals surface area contributed by atoms with Crippen LogP contribution in [0.1, 0.15) is 40.3 Å². The summed E-state index contributed by atoms with van der Waals surface area (Å²) in [5, 5.41) is 0. The zero-order chi connectivity index (χ0) is 19.4. The normalized spacial score (nSPS) is 18.6. The van der Waals surface area contributed by atoms with E-state index in [0.717, 1.165) is 43.0 Å². The maximum atomic E-state index is 12.7. The number of Topliss-reactive ketones (excluding diaryl/α,β-unsaturated/α-hetero) is 1. The second-order valence-electron chi connectivity index (χ2n) is 6.81. The van der Waals surface area contributed by atoms with Crippen molar-refractivity contribution in [3.05, 3.63) is 59.0 Å². The van der Waals surface area contributed by atoms with Crippen molar-refractivity contribution in [3.8, 4) is 0 Å². The first-order valence-electron chi connectivity index (χ1n) is 8.87. The molecule has 7 heteroatoms. The molecule has 0 spiro atoms. The van der Waals surface area contributed by atoms with Gasteiger partial charge in [-0.2, -0.15) is 13.2 Å². The van der Waals surface area contributed by atoms with Gasteiger partial charge in [0.25, 0.3) is 0 Å². The third-order valence-corrected chi connectivity index (χ3v) is 4.76. The highest BCUT2D eigenvalue weighted by Gasteiger charge is 2.31. The van der Waals surface area contributed by atoms with E-state index in [4.69, 9.17) is 9.15 Å².